The number of nitrogens with zero attached hydrogens (tertiary/aromatic N) is 2. The molecule has 0 fully saturated rings. The minimum absolute atomic E-state index is 0.0324. The molecule has 58 heavy (non-hydrogen) atoms. The van der Waals surface area contributed by atoms with Crippen molar-refractivity contribution in [3.63, 3.8) is 0 Å². The van der Waals surface area contributed by atoms with Crippen molar-refractivity contribution in [1.82, 2.24) is 19.9 Å². The van der Waals surface area contributed by atoms with Gasteiger partial charge in [-0.3, -0.25) is 19.4 Å². The summed E-state index contributed by atoms with van der Waals surface area (Å²) in [5, 5.41) is 0. The van der Waals surface area contributed by atoms with Gasteiger partial charge in [0.15, 0.2) is 5.78 Å². The van der Waals surface area contributed by atoms with Crippen LogP contribution in [-0.4, -0.2) is 51.4 Å². The molecule has 5 heterocycles. The lowest BCUT2D eigenvalue weighted by Gasteiger charge is -2.19. The zero-order valence-electron chi connectivity index (χ0n) is 36.5. The number of esters is 2. The maximum absolute atomic E-state index is 13.5. The van der Waals surface area contributed by atoms with Crippen LogP contribution in [0.1, 0.15) is 181 Å². The van der Waals surface area contributed by atoms with Crippen LogP contribution in [0.4, 0.5) is 0 Å². The number of carbonyl (C=O) groups is 3. The summed E-state index contributed by atoms with van der Waals surface area (Å²) in [6, 6.07) is 8.18. The molecular formula is C49H64N4O5. The number of H-pyrrole nitrogens is 2. The number of allylic oxidation sites excluding steroid dienone is 3. The van der Waals surface area contributed by atoms with Gasteiger partial charge in [0.25, 0.3) is 0 Å². The van der Waals surface area contributed by atoms with E-state index in [4.69, 9.17) is 19.4 Å². The Hall–Kier alpha value is -4.79. The number of aromatic amines is 2. The number of ether oxygens (including phenoxy) is 2. The van der Waals surface area contributed by atoms with Crippen molar-refractivity contribution < 1.29 is 23.9 Å². The van der Waals surface area contributed by atoms with E-state index in [0.29, 0.717) is 23.9 Å². The molecule has 9 heteroatoms. The van der Waals surface area contributed by atoms with E-state index in [1.165, 1.54) is 38.4 Å². The molecule has 9 nitrogen and oxygen atoms in total. The van der Waals surface area contributed by atoms with E-state index in [9.17, 15) is 14.4 Å². The lowest BCUT2D eigenvalue weighted by atomic mass is 9.84. The molecule has 310 valence electrons. The average Bonchev–Trinajstić information content (AvgIpc) is 3.94. The van der Waals surface area contributed by atoms with Gasteiger partial charge in [0.05, 0.1) is 35.6 Å². The first-order chi connectivity index (χ1) is 27.7. The van der Waals surface area contributed by atoms with E-state index < -0.39 is 5.92 Å². The molecule has 8 bridgehead atoms. The number of aryl methyl sites for hydroxylation is 1. The van der Waals surface area contributed by atoms with Crippen LogP contribution in [0.25, 0.3) is 33.2 Å². The molecule has 6 rings (SSSR count). The fourth-order valence-electron chi connectivity index (χ4n) is 9.31. The lowest BCUT2D eigenvalue weighted by Crippen LogP contribution is -2.16. The first-order valence-electron chi connectivity index (χ1n) is 21.6. The highest BCUT2D eigenvalue weighted by Crippen LogP contribution is 2.47. The molecule has 3 aromatic heterocycles. The molecule has 1 aliphatic carbocycles. The van der Waals surface area contributed by atoms with Crippen molar-refractivity contribution in [3.05, 3.63) is 80.9 Å². The third-order valence-corrected chi connectivity index (χ3v) is 12.8. The highest BCUT2D eigenvalue weighted by Gasteiger charge is 2.39. The van der Waals surface area contributed by atoms with Crippen LogP contribution in [0, 0.1) is 18.8 Å². The van der Waals surface area contributed by atoms with Crippen LogP contribution in [-0.2, 0) is 25.5 Å². The van der Waals surface area contributed by atoms with Crippen LogP contribution < -0.4 is 0 Å². The Bertz CT molecular complexity index is 2290. The molecule has 2 aliphatic heterocycles. The van der Waals surface area contributed by atoms with Gasteiger partial charge in [0.1, 0.15) is 6.61 Å². The summed E-state index contributed by atoms with van der Waals surface area (Å²) in [7, 11) is 1.43. The molecular weight excluding hydrogens is 725 g/mol. The van der Waals surface area contributed by atoms with Crippen LogP contribution in [0.3, 0.4) is 0 Å². The normalized spacial score (nSPS) is 18.3. The topological polar surface area (TPSA) is 127 Å². The first kappa shape index (κ1) is 42.8. The van der Waals surface area contributed by atoms with Crippen molar-refractivity contribution in [2.75, 3.05) is 13.7 Å². The summed E-state index contributed by atoms with van der Waals surface area (Å²) in [6.07, 6.45) is 11.3. The SMILES string of the molecule is CCC1=C(C)c2cc3[nH]c(cc4nc(c5c6[nH]c(cc1n2)cc6C[C@@H]5C(=O)OC)[C@@H](CCC(=O)OC/C=C(\C)CCCC(C)CCCC(C)C)[C@@H]4C)c(C)c3C(C)=O. The van der Waals surface area contributed by atoms with E-state index >= 15 is 0 Å². The summed E-state index contributed by atoms with van der Waals surface area (Å²) in [4.78, 5) is 57.4. The second kappa shape index (κ2) is 18.4. The van der Waals surface area contributed by atoms with Crippen LogP contribution in [0.15, 0.2) is 35.9 Å². The Morgan fingerprint density at radius 1 is 0.931 bits per heavy atom. The number of hydrogen-bond donors (Lipinski definition) is 2. The monoisotopic (exact) mass is 788 g/mol. The second-order valence-corrected chi connectivity index (χ2v) is 17.5. The quantitative estimate of drug-likeness (QED) is 0.0840. The third-order valence-electron chi connectivity index (χ3n) is 12.8. The van der Waals surface area contributed by atoms with Gasteiger partial charge < -0.3 is 19.4 Å². The first-order valence-corrected chi connectivity index (χ1v) is 21.6. The van der Waals surface area contributed by atoms with Crippen molar-refractivity contribution in [1.29, 1.82) is 0 Å². The largest absolute Gasteiger partial charge is 0.469 e. The second-order valence-electron chi connectivity index (χ2n) is 17.5. The molecule has 4 atom stereocenters. The van der Waals surface area contributed by atoms with Crippen LogP contribution in [0.2, 0.25) is 0 Å². The van der Waals surface area contributed by atoms with Crippen molar-refractivity contribution in [2.45, 2.75) is 144 Å². The number of nitrogens with one attached hydrogen (secondary N) is 2. The third kappa shape index (κ3) is 9.24. The van der Waals surface area contributed by atoms with Crippen molar-refractivity contribution in [2.24, 2.45) is 11.8 Å². The number of fused-ring (bicyclic) bond motifs is 8. The van der Waals surface area contributed by atoms with Crippen molar-refractivity contribution >= 4 is 50.9 Å². The van der Waals surface area contributed by atoms with E-state index in [2.05, 4.69) is 70.6 Å². The Morgan fingerprint density at radius 2 is 1.69 bits per heavy atom. The molecule has 0 saturated heterocycles. The minimum atomic E-state index is -0.537. The fourth-order valence-corrected chi connectivity index (χ4v) is 9.31. The maximum Gasteiger partial charge on any atom is 0.313 e. The number of carbonyl (C=O) groups excluding carboxylic acids is 3. The Morgan fingerprint density at radius 3 is 2.40 bits per heavy atom. The van der Waals surface area contributed by atoms with Gasteiger partial charge in [-0.25, -0.2) is 4.98 Å². The number of hydrogen-bond acceptors (Lipinski definition) is 7. The van der Waals surface area contributed by atoms with Crippen molar-refractivity contribution in [3.8, 4) is 0 Å². The molecule has 0 aromatic carbocycles. The number of ketones is 1. The molecule has 3 aliphatic rings. The number of methoxy groups -OCH3 is 1. The Labute approximate surface area is 344 Å². The highest BCUT2D eigenvalue weighted by atomic mass is 16.5. The Balaban J connectivity index is 1.33. The molecule has 3 aromatic rings. The maximum atomic E-state index is 13.5. The highest BCUT2D eigenvalue weighted by molar-refractivity contribution is 6.05. The minimum Gasteiger partial charge on any atom is -0.469 e. The van der Waals surface area contributed by atoms with Gasteiger partial charge in [0.2, 0.25) is 0 Å². The predicted molar refractivity (Wildman–Crippen MR) is 234 cm³/mol. The number of rotatable bonds is 16. The summed E-state index contributed by atoms with van der Waals surface area (Å²) in [5.74, 6) is 0.107. The van der Waals surface area contributed by atoms with E-state index in [1.807, 2.05) is 25.1 Å². The molecule has 0 amide bonds. The van der Waals surface area contributed by atoms with E-state index in [0.717, 1.165) is 98.3 Å². The van der Waals surface area contributed by atoms with Gasteiger partial charge in [-0.05, 0) is 124 Å². The summed E-state index contributed by atoms with van der Waals surface area (Å²) in [5.41, 5.74) is 13.4. The molecule has 1 unspecified atom stereocenters. The van der Waals surface area contributed by atoms with Gasteiger partial charge in [-0.2, -0.15) is 0 Å². The molecule has 0 radical (unpaired) electrons. The van der Waals surface area contributed by atoms with Crippen LogP contribution >= 0.6 is 0 Å². The zero-order chi connectivity index (χ0) is 41.8. The number of Topliss-reactive ketones (excluding diaryl/α,β-unsaturated/α-hetero) is 1. The van der Waals surface area contributed by atoms with E-state index in [1.54, 1.807) is 6.92 Å². The summed E-state index contributed by atoms with van der Waals surface area (Å²) >= 11 is 0. The fraction of sp³-hybridized carbons (Fsp3) is 0.531. The average molecular weight is 789 g/mol. The van der Waals surface area contributed by atoms with Gasteiger partial charge in [0, 0.05) is 51.6 Å². The van der Waals surface area contributed by atoms with Gasteiger partial charge in [-0.1, -0.05) is 65.9 Å². The van der Waals surface area contributed by atoms with Gasteiger partial charge >= 0.3 is 11.9 Å². The molecule has 0 saturated carbocycles. The standard InChI is InChI=1S/C49H64N4O5/c1-11-36-30(6)39-26-43-45(33(9)54)32(8)41(52-43)25-40-31(7)37(18-19-44(55)58-21-20-29(5)17-13-16-28(4)15-12-14-27(2)3)48(53-40)46-38(49(56)57-10)23-34-22-35(50-47(34)46)24-42(36)51-39/h20,22,24-28,31,37-38,50,52H,11-19,21,23H2,1-10H3/b29-20+,35-24?,39-26?,40-25?,41-25?,42-24?,43-26?,48-46?/t28?,31-,37-,38-/m0/s1. The van der Waals surface area contributed by atoms with Gasteiger partial charge in [-0.15, -0.1) is 0 Å². The zero-order valence-corrected chi connectivity index (χ0v) is 36.5. The van der Waals surface area contributed by atoms with Crippen LogP contribution in [0.5, 0.6) is 0 Å². The molecule has 2 N–H and O–H groups in total. The molecule has 0 spiro atoms. The smallest absolute Gasteiger partial charge is 0.313 e. The summed E-state index contributed by atoms with van der Waals surface area (Å²) in [6.45, 7) is 19.2. The Kier molecular flexibility index (Phi) is 13.6. The summed E-state index contributed by atoms with van der Waals surface area (Å²) < 4.78 is 11.1. The van der Waals surface area contributed by atoms with E-state index in [-0.39, 0.29) is 42.6 Å². The predicted octanol–water partition coefficient (Wildman–Crippen LogP) is 11.8. The number of aromatic nitrogens is 4. The lowest BCUT2D eigenvalue weighted by molar-refractivity contribution is -0.143.